The summed E-state index contributed by atoms with van der Waals surface area (Å²) in [6.07, 6.45) is 1.46. The lowest BCUT2D eigenvalue weighted by atomic mass is 10.1. The molecular formula is C20H19FN2O4S. The fourth-order valence-corrected chi connectivity index (χ4v) is 4.62. The second-order valence-electron chi connectivity index (χ2n) is 6.52. The second-order valence-corrected chi connectivity index (χ2v) is 7.57. The highest BCUT2D eigenvalue weighted by atomic mass is 32.1. The standard InChI is InChI=1S/C20H19FN2O4S/c1-26-12-13-17-14(21)4-2-6-16(17)28-18(13)20(25)23-9-7-22(8-10-23)19(24)15-5-3-11-27-15/h2-6,11H,7-10,12H2,1H3. The van der Waals surface area contributed by atoms with Crippen LogP contribution in [0.3, 0.4) is 0 Å². The molecule has 4 rings (SSSR count). The molecule has 0 spiro atoms. The molecule has 0 atom stereocenters. The molecule has 1 aliphatic heterocycles. The zero-order chi connectivity index (χ0) is 19.7. The Bertz CT molecular complexity index is 1010. The minimum absolute atomic E-state index is 0.155. The third-order valence-electron chi connectivity index (χ3n) is 4.83. The molecule has 0 unspecified atom stereocenters. The highest BCUT2D eigenvalue weighted by Gasteiger charge is 2.29. The molecule has 0 aliphatic carbocycles. The number of methoxy groups -OCH3 is 1. The molecule has 146 valence electrons. The molecule has 2 aromatic heterocycles. The summed E-state index contributed by atoms with van der Waals surface area (Å²) in [4.78, 5) is 29.4. The number of hydrogen-bond acceptors (Lipinski definition) is 5. The highest BCUT2D eigenvalue weighted by Crippen LogP contribution is 2.34. The number of furan rings is 1. The van der Waals surface area contributed by atoms with E-state index in [4.69, 9.17) is 9.15 Å². The SMILES string of the molecule is COCc1c(C(=O)N2CCN(C(=O)c3ccco3)CC2)sc2cccc(F)c12. The molecule has 0 saturated carbocycles. The first kappa shape index (κ1) is 18.6. The van der Waals surface area contributed by atoms with Crippen molar-refractivity contribution in [3.05, 3.63) is 58.6 Å². The van der Waals surface area contributed by atoms with E-state index in [-0.39, 0.29) is 24.2 Å². The number of nitrogens with zero attached hydrogens (tertiary/aromatic N) is 2. The average Bonchev–Trinajstić information content (AvgIpc) is 3.36. The van der Waals surface area contributed by atoms with E-state index in [0.717, 1.165) is 4.70 Å². The zero-order valence-electron chi connectivity index (χ0n) is 15.3. The maximum Gasteiger partial charge on any atom is 0.289 e. The molecule has 3 heterocycles. The van der Waals surface area contributed by atoms with E-state index in [9.17, 15) is 14.0 Å². The van der Waals surface area contributed by atoms with Crippen molar-refractivity contribution in [2.24, 2.45) is 0 Å². The lowest BCUT2D eigenvalue weighted by Crippen LogP contribution is -2.50. The highest BCUT2D eigenvalue weighted by molar-refractivity contribution is 7.21. The maximum atomic E-state index is 14.3. The van der Waals surface area contributed by atoms with Crippen molar-refractivity contribution in [3.63, 3.8) is 0 Å². The van der Waals surface area contributed by atoms with Gasteiger partial charge in [0.15, 0.2) is 5.76 Å². The number of amides is 2. The molecular weight excluding hydrogens is 383 g/mol. The van der Waals surface area contributed by atoms with Gasteiger partial charge in [0.1, 0.15) is 5.82 Å². The first-order valence-corrected chi connectivity index (χ1v) is 9.72. The van der Waals surface area contributed by atoms with E-state index in [1.54, 1.807) is 34.1 Å². The van der Waals surface area contributed by atoms with Crippen molar-refractivity contribution in [3.8, 4) is 0 Å². The molecule has 2 amide bonds. The van der Waals surface area contributed by atoms with Crippen LogP contribution in [0.1, 0.15) is 25.8 Å². The number of benzene rings is 1. The molecule has 3 aromatic rings. The van der Waals surface area contributed by atoms with Crippen molar-refractivity contribution < 1.29 is 23.1 Å². The monoisotopic (exact) mass is 402 g/mol. The predicted molar refractivity (Wildman–Crippen MR) is 103 cm³/mol. The third kappa shape index (κ3) is 3.29. The van der Waals surface area contributed by atoms with E-state index < -0.39 is 0 Å². The lowest BCUT2D eigenvalue weighted by Gasteiger charge is -2.34. The van der Waals surface area contributed by atoms with Crippen molar-refractivity contribution >= 4 is 33.2 Å². The summed E-state index contributed by atoms with van der Waals surface area (Å²) in [5.41, 5.74) is 0.583. The first-order chi connectivity index (χ1) is 13.6. The Kier molecular flexibility index (Phi) is 5.15. The average molecular weight is 402 g/mol. The predicted octanol–water partition coefficient (Wildman–Crippen LogP) is 3.38. The number of hydrogen-bond donors (Lipinski definition) is 0. The molecule has 8 heteroatoms. The van der Waals surface area contributed by atoms with E-state index in [1.165, 1.54) is 30.8 Å². The van der Waals surface area contributed by atoms with Gasteiger partial charge in [-0.2, -0.15) is 0 Å². The van der Waals surface area contributed by atoms with Gasteiger partial charge in [-0.1, -0.05) is 6.07 Å². The van der Waals surface area contributed by atoms with E-state index in [1.807, 2.05) is 0 Å². The largest absolute Gasteiger partial charge is 0.459 e. The van der Waals surface area contributed by atoms with Crippen LogP contribution in [0.25, 0.3) is 10.1 Å². The van der Waals surface area contributed by atoms with Crippen LogP contribution >= 0.6 is 11.3 Å². The Morgan fingerprint density at radius 1 is 1.11 bits per heavy atom. The number of halogens is 1. The van der Waals surface area contributed by atoms with Gasteiger partial charge in [-0.25, -0.2) is 4.39 Å². The van der Waals surface area contributed by atoms with Crippen LogP contribution in [-0.2, 0) is 11.3 Å². The molecule has 1 fully saturated rings. The summed E-state index contributed by atoms with van der Waals surface area (Å²) < 4.78 is 25.4. The minimum Gasteiger partial charge on any atom is -0.459 e. The van der Waals surface area contributed by atoms with Gasteiger partial charge in [-0.05, 0) is 24.3 Å². The Morgan fingerprint density at radius 2 is 1.82 bits per heavy atom. The van der Waals surface area contributed by atoms with Gasteiger partial charge in [0.2, 0.25) is 0 Å². The minimum atomic E-state index is -0.353. The number of thiophene rings is 1. The van der Waals surface area contributed by atoms with E-state index >= 15 is 0 Å². The topological polar surface area (TPSA) is 63.0 Å². The van der Waals surface area contributed by atoms with E-state index in [0.29, 0.717) is 47.8 Å². The van der Waals surface area contributed by atoms with Crippen LogP contribution in [-0.4, -0.2) is 54.9 Å². The summed E-state index contributed by atoms with van der Waals surface area (Å²) >= 11 is 1.28. The Hall–Kier alpha value is -2.71. The van der Waals surface area contributed by atoms with Crippen LogP contribution in [0.5, 0.6) is 0 Å². The molecule has 6 nitrogen and oxygen atoms in total. The molecule has 0 N–H and O–H groups in total. The molecule has 0 radical (unpaired) electrons. The third-order valence-corrected chi connectivity index (χ3v) is 6.02. The fourth-order valence-electron chi connectivity index (χ4n) is 3.43. The molecule has 1 saturated heterocycles. The molecule has 1 aliphatic rings. The Balaban J connectivity index is 1.54. The van der Waals surface area contributed by atoms with Crippen LogP contribution in [0.2, 0.25) is 0 Å². The fraction of sp³-hybridized carbons (Fsp3) is 0.300. The summed E-state index contributed by atoms with van der Waals surface area (Å²) in [5, 5.41) is 0.448. The zero-order valence-corrected chi connectivity index (χ0v) is 16.1. The van der Waals surface area contributed by atoms with Crippen LogP contribution in [0, 0.1) is 5.82 Å². The van der Waals surface area contributed by atoms with Gasteiger partial charge >= 0.3 is 0 Å². The molecule has 1 aromatic carbocycles. The number of carbonyl (C=O) groups is 2. The van der Waals surface area contributed by atoms with Crippen molar-refractivity contribution in [1.29, 1.82) is 0 Å². The molecule has 0 bridgehead atoms. The Labute approximate surface area is 165 Å². The van der Waals surface area contributed by atoms with Gasteiger partial charge in [-0.15, -0.1) is 11.3 Å². The number of carbonyl (C=O) groups excluding carboxylic acids is 2. The number of piperazine rings is 1. The van der Waals surface area contributed by atoms with Gasteiger partial charge in [-0.3, -0.25) is 9.59 Å². The number of ether oxygens (including phenoxy) is 1. The van der Waals surface area contributed by atoms with Crippen LogP contribution < -0.4 is 0 Å². The van der Waals surface area contributed by atoms with Crippen molar-refractivity contribution in [1.82, 2.24) is 9.80 Å². The van der Waals surface area contributed by atoms with Gasteiger partial charge in [0.25, 0.3) is 11.8 Å². The van der Waals surface area contributed by atoms with Crippen molar-refractivity contribution in [2.45, 2.75) is 6.61 Å². The van der Waals surface area contributed by atoms with Crippen LogP contribution in [0.15, 0.2) is 41.0 Å². The normalized spacial score (nSPS) is 14.6. The summed E-state index contributed by atoms with van der Waals surface area (Å²) in [6, 6.07) is 8.13. The van der Waals surface area contributed by atoms with Crippen molar-refractivity contribution in [2.75, 3.05) is 33.3 Å². The number of rotatable bonds is 4. The summed E-state index contributed by atoms with van der Waals surface area (Å²) in [5.74, 6) is -0.394. The van der Waals surface area contributed by atoms with Crippen LogP contribution in [0.4, 0.5) is 4.39 Å². The first-order valence-electron chi connectivity index (χ1n) is 8.91. The van der Waals surface area contributed by atoms with Gasteiger partial charge in [0.05, 0.1) is 17.7 Å². The smallest absolute Gasteiger partial charge is 0.289 e. The lowest BCUT2D eigenvalue weighted by molar-refractivity contribution is 0.0519. The Morgan fingerprint density at radius 3 is 2.46 bits per heavy atom. The van der Waals surface area contributed by atoms with Gasteiger partial charge in [0, 0.05) is 48.9 Å². The number of fused-ring (bicyclic) bond motifs is 1. The van der Waals surface area contributed by atoms with Gasteiger partial charge < -0.3 is 19.0 Å². The summed E-state index contributed by atoms with van der Waals surface area (Å²) in [6.45, 7) is 1.83. The quantitative estimate of drug-likeness (QED) is 0.671. The summed E-state index contributed by atoms with van der Waals surface area (Å²) in [7, 11) is 1.53. The molecule has 28 heavy (non-hydrogen) atoms. The maximum absolute atomic E-state index is 14.3. The van der Waals surface area contributed by atoms with E-state index in [2.05, 4.69) is 0 Å². The second kappa shape index (κ2) is 7.73.